The van der Waals surface area contributed by atoms with Crippen molar-refractivity contribution < 1.29 is 23.8 Å². The van der Waals surface area contributed by atoms with E-state index in [0.717, 1.165) is 18.6 Å². The number of ether oxygens (including phenoxy) is 3. The largest absolute Gasteiger partial charge is 0.496 e. The standard InChI is InChI=1S/C24H28N2O5S/c1-29-19-9-6-10-20(30-2)22(19)23(28)25-13-11-24(12-14-25)26(15-16-32-24)21(27)17-31-18-7-4-3-5-8-18/h3-10H,11-17H2,1-2H3. The van der Waals surface area contributed by atoms with Crippen LogP contribution in [0.1, 0.15) is 23.2 Å². The molecule has 0 unspecified atom stereocenters. The van der Waals surface area contributed by atoms with Gasteiger partial charge in [0.1, 0.15) is 22.8 Å². The molecule has 2 fully saturated rings. The number of carbonyl (C=O) groups is 2. The van der Waals surface area contributed by atoms with Crippen molar-refractivity contribution in [2.45, 2.75) is 17.7 Å². The maximum atomic E-state index is 13.3. The van der Waals surface area contributed by atoms with Crippen molar-refractivity contribution in [2.24, 2.45) is 0 Å². The van der Waals surface area contributed by atoms with Gasteiger partial charge < -0.3 is 24.0 Å². The summed E-state index contributed by atoms with van der Waals surface area (Å²) in [5.41, 5.74) is 0.441. The molecular weight excluding hydrogens is 428 g/mol. The lowest BCUT2D eigenvalue weighted by molar-refractivity contribution is -0.136. The second kappa shape index (κ2) is 9.73. The van der Waals surface area contributed by atoms with Crippen LogP contribution in [0.4, 0.5) is 0 Å². The van der Waals surface area contributed by atoms with E-state index in [4.69, 9.17) is 14.2 Å². The van der Waals surface area contributed by atoms with Crippen LogP contribution in [0.2, 0.25) is 0 Å². The van der Waals surface area contributed by atoms with Crippen LogP contribution in [0, 0.1) is 0 Å². The van der Waals surface area contributed by atoms with Gasteiger partial charge in [0.2, 0.25) is 0 Å². The summed E-state index contributed by atoms with van der Waals surface area (Å²) >= 11 is 1.81. The summed E-state index contributed by atoms with van der Waals surface area (Å²) in [6, 6.07) is 14.7. The first-order valence-electron chi connectivity index (χ1n) is 10.7. The van der Waals surface area contributed by atoms with Gasteiger partial charge in [-0.05, 0) is 37.1 Å². The van der Waals surface area contributed by atoms with E-state index in [2.05, 4.69) is 0 Å². The summed E-state index contributed by atoms with van der Waals surface area (Å²) in [7, 11) is 3.10. The number of nitrogens with zero attached hydrogens (tertiary/aromatic N) is 2. The van der Waals surface area contributed by atoms with Crippen LogP contribution in [-0.4, -0.2) is 72.7 Å². The van der Waals surface area contributed by atoms with E-state index in [0.29, 0.717) is 42.4 Å². The quantitative estimate of drug-likeness (QED) is 0.665. The highest BCUT2D eigenvalue weighted by Gasteiger charge is 2.47. The molecule has 0 bridgehead atoms. The van der Waals surface area contributed by atoms with Crippen molar-refractivity contribution in [2.75, 3.05) is 46.2 Å². The Balaban J connectivity index is 1.42. The van der Waals surface area contributed by atoms with Crippen LogP contribution >= 0.6 is 11.8 Å². The zero-order valence-corrected chi connectivity index (χ0v) is 19.2. The first kappa shape index (κ1) is 22.3. The Labute approximate surface area is 192 Å². The number of hydrogen-bond donors (Lipinski definition) is 0. The minimum Gasteiger partial charge on any atom is -0.496 e. The van der Waals surface area contributed by atoms with Gasteiger partial charge in [0.25, 0.3) is 11.8 Å². The van der Waals surface area contributed by atoms with Gasteiger partial charge in [-0.15, -0.1) is 11.8 Å². The Morgan fingerprint density at radius 1 is 0.938 bits per heavy atom. The first-order chi connectivity index (χ1) is 15.6. The lowest BCUT2D eigenvalue weighted by Gasteiger charge is -2.44. The van der Waals surface area contributed by atoms with Crippen LogP contribution in [0.5, 0.6) is 17.2 Å². The average Bonchev–Trinajstić information content (AvgIpc) is 3.25. The van der Waals surface area contributed by atoms with Gasteiger partial charge in [0.15, 0.2) is 6.61 Å². The number of thioether (sulfide) groups is 1. The van der Waals surface area contributed by atoms with Gasteiger partial charge >= 0.3 is 0 Å². The third-order valence-corrected chi connectivity index (χ3v) is 7.61. The number of amides is 2. The molecule has 0 saturated carbocycles. The topological polar surface area (TPSA) is 68.3 Å². The van der Waals surface area contributed by atoms with Gasteiger partial charge in [0.05, 0.1) is 19.1 Å². The molecule has 8 heteroatoms. The minimum atomic E-state index is -0.279. The molecule has 170 valence electrons. The van der Waals surface area contributed by atoms with Crippen molar-refractivity contribution in [1.29, 1.82) is 0 Å². The molecule has 4 rings (SSSR count). The Kier molecular flexibility index (Phi) is 6.79. The predicted molar refractivity (Wildman–Crippen MR) is 124 cm³/mol. The van der Waals surface area contributed by atoms with Crippen LogP contribution < -0.4 is 14.2 Å². The molecule has 7 nitrogen and oxygen atoms in total. The van der Waals surface area contributed by atoms with Gasteiger partial charge in [0, 0.05) is 25.4 Å². The molecule has 0 atom stereocenters. The van der Waals surface area contributed by atoms with Crippen molar-refractivity contribution in [3.8, 4) is 17.2 Å². The number of methoxy groups -OCH3 is 2. The number of hydrogen-bond acceptors (Lipinski definition) is 6. The molecule has 2 saturated heterocycles. The highest BCUT2D eigenvalue weighted by molar-refractivity contribution is 8.00. The first-order valence-corrected chi connectivity index (χ1v) is 11.7. The maximum Gasteiger partial charge on any atom is 0.261 e. The Hall–Kier alpha value is -2.87. The van der Waals surface area contributed by atoms with E-state index in [-0.39, 0.29) is 23.3 Å². The average molecular weight is 457 g/mol. The SMILES string of the molecule is COc1cccc(OC)c1C(=O)N1CCC2(CC1)SCCN2C(=O)COc1ccccc1. The monoisotopic (exact) mass is 456 g/mol. The van der Waals surface area contributed by atoms with E-state index < -0.39 is 0 Å². The van der Waals surface area contributed by atoms with Crippen molar-refractivity contribution in [3.05, 3.63) is 54.1 Å². The molecule has 2 aliphatic heterocycles. The summed E-state index contributed by atoms with van der Waals surface area (Å²) in [5, 5.41) is 0. The number of rotatable bonds is 6. The highest BCUT2D eigenvalue weighted by atomic mass is 32.2. The van der Waals surface area contributed by atoms with Gasteiger partial charge in [-0.3, -0.25) is 9.59 Å². The fourth-order valence-electron chi connectivity index (χ4n) is 4.39. The lowest BCUT2D eigenvalue weighted by Crippen LogP contribution is -2.54. The summed E-state index contributed by atoms with van der Waals surface area (Å²) in [6.07, 6.45) is 1.44. The molecule has 1 spiro atoms. The molecule has 2 aromatic rings. The fourth-order valence-corrected chi connectivity index (χ4v) is 5.87. The summed E-state index contributed by atoms with van der Waals surface area (Å²) in [4.78, 5) is 29.8. The number of para-hydroxylation sites is 1. The van der Waals surface area contributed by atoms with E-state index in [1.165, 1.54) is 0 Å². The normalized spacial score (nSPS) is 17.3. The number of carbonyl (C=O) groups excluding carboxylic acids is 2. The molecule has 0 aromatic heterocycles. The Morgan fingerprint density at radius 3 is 2.22 bits per heavy atom. The van der Waals surface area contributed by atoms with Crippen molar-refractivity contribution >= 4 is 23.6 Å². The molecule has 0 aliphatic carbocycles. The molecule has 0 N–H and O–H groups in total. The predicted octanol–water partition coefficient (Wildman–Crippen LogP) is 3.29. The Morgan fingerprint density at radius 2 is 1.59 bits per heavy atom. The van der Waals surface area contributed by atoms with Gasteiger partial charge in [-0.1, -0.05) is 24.3 Å². The highest BCUT2D eigenvalue weighted by Crippen LogP contribution is 2.44. The molecular formula is C24H28N2O5S. The van der Waals surface area contributed by atoms with Crippen LogP contribution in [0.25, 0.3) is 0 Å². The van der Waals surface area contributed by atoms with Crippen LogP contribution in [-0.2, 0) is 4.79 Å². The Bertz CT molecular complexity index is 938. The van der Waals surface area contributed by atoms with E-state index in [1.807, 2.05) is 51.9 Å². The summed E-state index contributed by atoms with van der Waals surface area (Å²) in [5.74, 6) is 2.46. The zero-order chi connectivity index (χ0) is 22.6. The molecule has 0 radical (unpaired) electrons. The molecule has 2 aromatic carbocycles. The third-order valence-electron chi connectivity index (χ3n) is 6.06. The summed E-state index contributed by atoms with van der Waals surface area (Å²) in [6.45, 7) is 1.86. The maximum absolute atomic E-state index is 13.3. The number of piperidine rings is 1. The number of benzene rings is 2. The zero-order valence-electron chi connectivity index (χ0n) is 18.4. The van der Waals surface area contributed by atoms with E-state index in [9.17, 15) is 9.59 Å². The molecule has 2 heterocycles. The van der Waals surface area contributed by atoms with Crippen molar-refractivity contribution in [1.82, 2.24) is 9.80 Å². The second-order valence-electron chi connectivity index (χ2n) is 7.77. The fraction of sp³-hybridized carbons (Fsp3) is 0.417. The van der Waals surface area contributed by atoms with E-state index in [1.54, 1.807) is 32.4 Å². The van der Waals surface area contributed by atoms with Crippen LogP contribution in [0.15, 0.2) is 48.5 Å². The molecule has 2 aliphatic rings. The lowest BCUT2D eigenvalue weighted by atomic mass is 10.0. The van der Waals surface area contributed by atoms with Gasteiger partial charge in [-0.2, -0.15) is 0 Å². The van der Waals surface area contributed by atoms with Gasteiger partial charge in [-0.25, -0.2) is 0 Å². The van der Waals surface area contributed by atoms with Crippen molar-refractivity contribution in [3.63, 3.8) is 0 Å². The third kappa shape index (κ3) is 4.37. The molecule has 32 heavy (non-hydrogen) atoms. The second-order valence-corrected chi connectivity index (χ2v) is 9.23. The van der Waals surface area contributed by atoms with E-state index >= 15 is 0 Å². The summed E-state index contributed by atoms with van der Waals surface area (Å²) < 4.78 is 16.5. The minimum absolute atomic E-state index is 0.00923. The van der Waals surface area contributed by atoms with Crippen LogP contribution in [0.3, 0.4) is 0 Å². The number of likely N-dealkylation sites (tertiary alicyclic amines) is 1. The smallest absolute Gasteiger partial charge is 0.261 e. The molecule has 2 amide bonds.